The fraction of sp³-hybridized carbons (Fsp3) is 0.188. The summed E-state index contributed by atoms with van der Waals surface area (Å²) in [5, 5.41) is 7.58. The Hall–Kier alpha value is -2.40. The number of aryl methyl sites for hydroxylation is 1. The summed E-state index contributed by atoms with van der Waals surface area (Å²) in [7, 11) is 0. The van der Waals surface area contributed by atoms with Crippen LogP contribution in [0.1, 0.15) is 18.3 Å². The van der Waals surface area contributed by atoms with Crippen LogP contribution in [0.4, 0.5) is 5.69 Å². The lowest BCUT2D eigenvalue weighted by molar-refractivity contribution is -0.121. The Kier molecular flexibility index (Phi) is 5.49. The molecule has 5 nitrogen and oxygen atoms in total. The third-order valence-corrected chi connectivity index (χ3v) is 3.12. The number of amides is 1. The highest BCUT2D eigenvalue weighted by molar-refractivity contribution is 6.30. The van der Waals surface area contributed by atoms with Crippen LogP contribution in [-0.2, 0) is 4.79 Å². The second kappa shape index (κ2) is 7.56. The number of halogens is 1. The molecule has 0 saturated carbocycles. The van der Waals surface area contributed by atoms with E-state index >= 15 is 0 Å². The summed E-state index contributed by atoms with van der Waals surface area (Å²) in [5.41, 5.74) is 4.84. The molecule has 1 aromatic heterocycles. The van der Waals surface area contributed by atoms with Crippen molar-refractivity contribution in [1.29, 1.82) is 0 Å². The number of carbonyl (C=O) groups is 1. The fourth-order valence-electron chi connectivity index (χ4n) is 1.79. The summed E-state index contributed by atoms with van der Waals surface area (Å²) >= 11 is 5.90. The van der Waals surface area contributed by atoms with E-state index in [-0.39, 0.29) is 5.91 Å². The predicted octanol–water partition coefficient (Wildman–Crippen LogP) is 2.99. The second-order valence-corrected chi connectivity index (χ2v) is 5.25. The van der Waals surface area contributed by atoms with Crippen molar-refractivity contribution in [2.45, 2.75) is 19.9 Å². The molecule has 1 atom stereocenters. The first-order chi connectivity index (χ1) is 10.5. The average Bonchev–Trinajstić information content (AvgIpc) is 2.47. The number of rotatable bonds is 5. The summed E-state index contributed by atoms with van der Waals surface area (Å²) in [6, 6.07) is 12.3. The van der Waals surface area contributed by atoms with Crippen LogP contribution in [0.2, 0.25) is 5.02 Å². The summed E-state index contributed by atoms with van der Waals surface area (Å²) in [4.78, 5) is 16.2. The minimum absolute atomic E-state index is 0.246. The molecule has 1 heterocycles. The summed E-state index contributed by atoms with van der Waals surface area (Å²) in [6.07, 6.45) is 1.51. The molecule has 114 valence electrons. The lowest BCUT2D eigenvalue weighted by Gasteiger charge is -2.13. The van der Waals surface area contributed by atoms with Crippen molar-refractivity contribution in [2.75, 3.05) is 5.32 Å². The first-order valence-electron chi connectivity index (χ1n) is 6.83. The molecule has 2 rings (SSSR count). The Balaban J connectivity index is 1.89. The number of hydrogen-bond acceptors (Lipinski definition) is 4. The van der Waals surface area contributed by atoms with Crippen LogP contribution in [0, 0.1) is 6.92 Å². The molecular weight excluding hydrogens is 300 g/mol. The van der Waals surface area contributed by atoms with E-state index in [1.807, 2.05) is 37.3 Å². The van der Waals surface area contributed by atoms with Crippen molar-refractivity contribution in [3.05, 3.63) is 58.9 Å². The molecule has 0 bridgehead atoms. The fourth-order valence-corrected chi connectivity index (χ4v) is 1.98. The molecule has 22 heavy (non-hydrogen) atoms. The van der Waals surface area contributed by atoms with E-state index in [1.165, 1.54) is 6.21 Å². The van der Waals surface area contributed by atoms with Crippen molar-refractivity contribution < 1.29 is 4.79 Å². The van der Waals surface area contributed by atoms with Crippen molar-refractivity contribution in [2.24, 2.45) is 5.10 Å². The number of hydrogen-bond donors (Lipinski definition) is 2. The van der Waals surface area contributed by atoms with Crippen molar-refractivity contribution in [1.82, 2.24) is 10.4 Å². The molecule has 0 spiro atoms. The van der Waals surface area contributed by atoms with Gasteiger partial charge in [0.2, 0.25) is 0 Å². The topological polar surface area (TPSA) is 66.4 Å². The number of benzene rings is 1. The van der Waals surface area contributed by atoms with Crippen molar-refractivity contribution in [3.63, 3.8) is 0 Å². The van der Waals surface area contributed by atoms with Crippen LogP contribution in [-0.4, -0.2) is 23.1 Å². The number of hydrazone groups is 1. The Bertz CT molecular complexity index is 687. The van der Waals surface area contributed by atoms with Crippen LogP contribution < -0.4 is 10.7 Å². The normalized spacial score (nSPS) is 12.1. The summed E-state index contributed by atoms with van der Waals surface area (Å²) in [5.74, 6) is -0.246. The maximum Gasteiger partial charge on any atom is 0.262 e. The number of pyridine rings is 1. The Morgan fingerprint density at radius 3 is 2.82 bits per heavy atom. The van der Waals surface area contributed by atoms with Crippen molar-refractivity contribution >= 4 is 29.4 Å². The highest BCUT2D eigenvalue weighted by atomic mass is 35.5. The third kappa shape index (κ3) is 4.86. The smallest absolute Gasteiger partial charge is 0.262 e. The van der Waals surface area contributed by atoms with Gasteiger partial charge < -0.3 is 5.32 Å². The van der Waals surface area contributed by atoms with E-state index in [4.69, 9.17) is 11.6 Å². The molecule has 6 heteroatoms. The molecule has 2 aromatic rings. The highest BCUT2D eigenvalue weighted by Gasteiger charge is 2.11. The van der Waals surface area contributed by atoms with Crippen molar-refractivity contribution in [3.8, 4) is 0 Å². The summed E-state index contributed by atoms with van der Waals surface area (Å²) in [6.45, 7) is 3.64. The van der Waals surface area contributed by atoms with E-state index in [1.54, 1.807) is 19.1 Å². The number of anilines is 1. The second-order valence-electron chi connectivity index (χ2n) is 4.81. The highest BCUT2D eigenvalue weighted by Crippen LogP contribution is 2.15. The number of nitrogens with one attached hydrogen (secondary N) is 2. The van der Waals surface area contributed by atoms with E-state index in [2.05, 4.69) is 20.8 Å². The van der Waals surface area contributed by atoms with E-state index in [0.29, 0.717) is 10.7 Å². The molecule has 0 aliphatic heterocycles. The van der Waals surface area contributed by atoms with Crippen LogP contribution in [0.15, 0.2) is 47.6 Å². The van der Waals surface area contributed by atoms with Gasteiger partial charge in [-0.1, -0.05) is 23.7 Å². The molecule has 0 fully saturated rings. The zero-order valence-corrected chi connectivity index (χ0v) is 13.1. The molecule has 0 aliphatic rings. The van der Waals surface area contributed by atoms with Gasteiger partial charge in [-0.05, 0) is 44.2 Å². The molecule has 0 radical (unpaired) electrons. The standard InChI is InChI=1S/C16H17ClN4O/c1-11-5-3-8-15(19-11)10-18-21-16(22)12(2)20-14-7-4-6-13(17)9-14/h3-10,12,20H,1-2H3,(H,21,22)/b18-10-/t12-/m1/s1. The van der Waals surface area contributed by atoms with E-state index in [9.17, 15) is 4.79 Å². The number of nitrogens with zero attached hydrogens (tertiary/aromatic N) is 2. The maximum absolute atomic E-state index is 11.9. The van der Waals surface area contributed by atoms with Gasteiger partial charge in [0.25, 0.3) is 5.91 Å². The molecule has 0 saturated heterocycles. The third-order valence-electron chi connectivity index (χ3n) is 2.88. The molecule has 1 aromatic carbocycles. The largest absolute Gasteiger partial charge is 0.374 e. The van der Waals surface area contributed by atoms with Crippen LogP contribution in [0.5, 0.6) is 0 Å². The predicted molar refractivity (Wildman–Crippen MR) is 89.2 cm³/mol. The number of aromatic nitrogens is 1. The van der Waals surface area contributed by atoms with Gasteiger partial charge in [0.1, 0.15) is 6.04 Å². The lowest BCUT2D eigenvalue weighted by Crippen LogP contribution is -2.34. The van der Waals surface area contributed by atoms with Crippen LogP contribution in [0.25, 0.3) is 0 Å². The molecule has 1 amide bonds. The van der Waals surface area contributed by atoms with Gasteiger partial charge in [-0.2, -0.15) is 5.10 Å². The van der Waals surface area contributed by atoms with Gasteiger partial charge in [-0.3, -0.25) is 9.78 Å². The minimum atomic E-state index is -0.443. The monoisotopic (exact) mass is 316 g/mol. The van der Waals surface area contributed by atoms with Gasteiger partial charge in [0, 0.05) is 16.4 Å². The number of carbonyl (C=O) groups excluding carboxylic acids is 1. The summed E-state index contributed by atoms with van der Waals surface area (Å²) < 4.78 is 0. The maximum atomic E-state index is 11.9. The van der Waals surface area contributed by atoms with Gasteiger partial charge in [0.15, 0.2) is 0 Å². The average molecular weight is 317 g/mol. The van der Waals surface area contributed by atoms with Gasteiger partial charge in [-0.25, -0.2) is 5.43 Å². The van der Waals surface area contributed by atoms with Gasteiger partial charge >= 0.3 is 0 Å². The first kappa shape index (κ1) is 16.0. The molecule has 0 aliphatic carbocycles. The Morgan fingerprint density at radius 2 is 2.09 bits per heavy atom. The lowest BCUT2D eigenvalue weighted by atomic mass is 10.2. The molecular formula is C16H17ClN4O. The zero-order chi connectivity index (χ0) is 15.9. The first-order valence-corrected chi connectivity index (χ1v) is 7.21. The van der Waals surface area contributed by atoms with Gasteiger partial charge in [0.05, 0.1) is 11.9 Å². The Morgan fingerprint density at radius 1 is 1.32 bits per heavy atom. The Labute approximate surface area is 134 Å². The van der Waals surface area contributed by atoms with E-state index in [0.717, 1.165) is 11.4 Å². The minimum Gasteiger partial charge on any atom is -0.374 e. The van der Waals surface area contributed by atoms with Crippen LogP contribution >= 0.6 is 11.6 Å². The molecule has 2 N–H and O–H groups in total. The SMILES string of the molecule is Cc1cccc(/C=N\NC(=O)[C@@H](C)Nc2cccc(Cl)c2)n1. The van der Waals surface area contributed by atoms with E-state index < -0.39 is 6.04 Å². The van der Waals surface area contributed by atoms with Gasteiger partial charge in [-0.15, -0.1) is 0 Å². The zero-order valence-electron chi connectivity index (χ0n) is 12.4. The quantitative estimate of drug-likeness (QED) is 0.658. The molecule has 0 unspecified atom stereocenters. The van der Waals surface area contributed by atoms with Crippen LogP contribution in [0.3, 0.4) is 0 Å².